The number of nitrogens with one attached hydrogen (secondary N) is 1. The molecule has 5 heteroatoms. The molecule has 2 aromatic heterocycles. The molecule has 0 bridgehead atoms. The number of fused-ring (bicyclic) bond motifs is 1. The lowest BCUT2D eigenvalue weighted by molar-refractivity contribution is 0.0935. The summed E-state index contributed by atoms with van der Waals surface area (Å²) in [5.41, 5.74) is 3.95. The lowest BCUT2D eigenvalue weighted by Crippen LogP contribution is -2.26. The Balaban J connectivity index is 1.57. The fraction of sp³-hybridized carbons (Fsp3) is 0.182. The van der Waals surface area contributed by atoms with E-state index in [9.17, 15) is 4.79 Å². The van der Waals surface area contributed by atoms with E-state index in [-0.39, 0.29) is 11.9 Å². The van der Waals surface area contributed by atoms with E-state index < -0.39 is 0 Å². The molecule has 0 radical (unpaired) electrons. The monoisotopic (exact) mass is 359 g/mol. The SMILES string of the molecule is Cc1ccc(Cn2ncc3ccc(C(=O)N[C@@H](C)c4ccco4)cc32)cc1. The van der Waals surface area contributed by atoms with Gasteiger partial charge >= 0.3 is 0 Å². The first-order valence-corrected chi connectivity index (χ1v) is 8.95. The molecule has 4 rings (SSSR count). The van der Waals surface area contributed by atoms with Crippen molar-refractivity contribution in [2.45, 2.75) is 26.4 Å². The fourth-order valence-corrected chi connectivity index (χ4v) is 3.09. The summed E-state index contributed by atoms with van der Waals surface area (Å²) in [5, 5.41) is 8.47. The number of hydrogen-bond acceptors (Lipinski definition) is 3. The van der Waals surface area contributed by atoms with E-state index in [1.165, 1.54) is 11.1 Å². The number of carbonyl (C=O) groups excluding carboxylic acids is 1. The van der Waals surface area contributed by atoms with Crippen LogP contribution in [0.2, 0.25) is 0 Å². The molecule has 2 aromatic carbocycles. The first-order valence-electron chi connectivity index (χ1n) is 8.95. The van der Waals surface area contributed by atoms with Crippen molar-refractivity contribution in [1.29, 1.82) is 0 Å². The van der Waals surface area contributed by atoms with Crippen molar-refractivity contribution < 1.29 is 9.21 Å². The van der Waals surface area contributed by atoms with Gasteiger partial charge < -0.3 is 9.73 Å². The van der Waals surface area contributed by atoms with Gasteiger partial charge in [-0.15, -0.1) is 0 Å². The molecule has 4 aromatic rings. The van der Waals surface area contributed by atoms with Crippen LogP contribution in [-0.4, -0.2) is 15.7 Å². The van der Waals surface area contributed by atoms with E-state index in [1.807, 2.05) is 48.1 Å². The number of amides is 1. The van der Waals surface area contributed by atoms with Crippen LogP contribution in [0.15, 0.2) is 71.5 Å². The van der Waals surface area contributed by atoms with Crippen LogP contribution < -0.4 is 5.32 Å². The maximum Gasteiger partial charge on any atom is 0.251 e. The Hall–Kier alpha value is -3.34. The van der Waals surface area contributed by atoms with Crippen LogP contribution in [0.4, 0.5) is 0 Å². The molecule has 1 atom stereocenters. The van der Waals surface area contributed by atoms with Crippen LogP contribution in [0.1, 0.15) is 40.2 Å². The molecule has 0 fully saturated rings. The predicted molar refractivity (Wildman–Crippen MR) is 105 cm³/mol. The summed E-state index contributed by atoms with van der Waals surface area (Å²) in [4.78, 5) is 12.6. The number of hydrogen-bond donors (Lipinski definition) is 1. The summed E-state index contributed by atoms with van der Waals surface area (Å²) < 4.78 is 7.28. The summed E-state index contributed by atoms with van der Waals surface area (Å²) in [7, 11) is 0. The number of benzene rings is 2. The van der Waals surface area contributed by atoms with E-state index in [0.29, 0.717) is 12.1 Å². The Morgan fingerprint density at radius 1 is 1.19 bits per heavy atom. The lowest BCUT2D eigenvalue weighted by atomic mass is 10.1. The maximum absolute atomic E-state index is 12.6. The third-order valence-electron chi connectivity index (χ3n) is 4.68. The average molecular weight is 359 g/mol. The molecular weight excluding hydrogens is 338 g/mol. The van der Waals surface area contributed by atoms with E-state index >= 15 is 0 Å². The smallest absolute Gasteiger partial charge is 0.251 e. The molecule has 0 unspecified atom stereocenters. The fourth-order valence-electron chi connectivity index (χ4n) is 3.09. The molecule has 27 heavy (non-hydrogen) atoms. The van der Waals surface area contributed by atoms with Crippen LogP contribution in [0, 0.1) is 6.92 Å². The van der Waals surface area contributed by atoms with E-state index in [2.05, 4.69) is 41.6 Å². The zero-order chi connectivity index (χ0) is 18.8. The third-order valence-corrected chi connectivity index (χ3v) is 4.68. The molecular formula is C22H21N3O2. The van der Waals surface area contributed by atoms with E-state index in [0.717, 1.165) is 16.7 Å². The highest BCUT2D eigenvalue weighted by Gasteiger charge is 2.15. The summed E-state index contributed by atoms with van der Waals surface area (Å²) in [6.07, 6.45) is 3.43. The van der Waals surface area contributed by atoms with Crippen LogP contribution in [0.5, 0.6) is 0 Å². The highest BCUT2D eigenvalue weighted by atomic mass is 16.3. The topological polar surface area (TPSA) is 60.1 Å². The number of nitrogens with zero attached hydrogens (tertiary/aromatic N) is 2. The number of aromatic nitrogens is 2. The van der Waals surface area contributed by atoms with E-state index in [4.69, 9.17) is 4.42 Å². The van der Waals surface area contributed by atoms with Crippen LogP contribution in [0.25, 0.3) is 10.9 Å². The molecule has 0 spiro atoms. The number of aryl methyl sites for hydroxylation is 1. The van der Waals surface area contributed by atoms with Crippen LogP contribution in [0.3, 0.4) is 0 Å². The molecule has 1 amide bonds. The second-order valence-electron chi connectivity index (χ2n) is 6.77. The molecule has 0 saturated heterocycles. The summed E-state index contributed by atoms with van der Waals surface area (Å²) in [5.74, 6) is 0.595. The Morgan fingerprint density at radius 2 is 2.00 bits per heavy atom. The summed E-state index contributed by atoms with van der Waals surface area (Å²) in [6, 6.07) is 17.5. The molecule has 136 valence electrons. The molecule has 0 aliphatic carbocycles. The Labute approximate surface area is 157 Å². The normalized spacial score (nSPS) is 12.2. The number of furan rings is 1. The van der Waals surface area contributed by atoms with Gasteiger partial charge in [-0.1, -0.05) is 35.9 Å². The van der Waals surface area contributed by atoms with Gasteiger partial charge in [-0.3, -0.25) is 9.48 Å². The van der Waals surface area contributed by atoms with E-state index in [1.54, 1.807) is 6.26 Å². The van der Waals surface area contributed by atoms with Crippen molar-refractivity contribution in [3.8, 4) is 0 Å². The van der Waals surface area contributed by atoms with Crippen molar-refractivity contribution in [3.05, 3.63) is 89.5 Å². The first-order chi connectivity index (χ1) is 13.1. The van der Waals surface area contributed by atoms with Gasteiger partial charge in [-0.2, -0.15) is 5.10 Å². The van der Waals surface area contributed by atoms with Gasteiger partial charge in [0.25, 0.3) is 5.91 Å². The minimum Gasteiger partial charge on any atom is -0.467 e. The highest BCUT2D eigenvalue weighted by molar-refractivity contribution is 5.98. The second kappa shape index (κ2) is 7.11. The Kier molecular flexibility index (Phi) is 4.50. The van der Waals surface area contributed by atoms with Crippen molar-refractivity contribution in [2.24, 2.45) is 0 Å². The third kappa shape index (κ3) is 3.62. The quantitative estimate of drug-likeness (QED) is 0.572. The number of rotatable bonds is 5. The molecule has 0 saturated carbocycles. The van der Waals surface area contributed by atoms with Gasteiger partial charge in [0, 0.05) is 10.9 Å². The minimum atomic E-state index is -0.194. The number of carbonyl (C=O) groups is 1. The zero-order valence-corrected chi connectivity index (χ0v) is 15.3. The van der Waals surface area contributed by atoms with Crippen LogP contribution >= 0.6 is 0 Å². The summed E-state index contributed by atoms with van der Waals surface area (Å²) in [6.45, 7) is 4.64. The van der Waals surface area contributed by atoms with Gasteiger partial charge in [0.05, 0.1) is 30.6 Å². The molecule has 1 N–H and O–H groups in total. The van der Waals surface area contributed by atoms with Gasteiger partial charge in [-0.05, 0) is 43.7 Å². The van der Waals surface area contributed by atoms with Crippen molar-refractivity contribution >= 4 is 16.8 Å². The van der Waals surface area contributed by atoms with Crippen molar-refractivity contribution in [2.75, 3.05) is 0 Å². The second-order valence-corrected chi connectivity index (χ2v) is 6.77. The maximum atomic E-state index is 12.6. The van der Waals surface area contributed by atoms with Crippen LogP contribution in [-0.2, 0) is 6.54 Å². The average Bonchev–Trinajstić information content (AvgIpc) is 3.34. The van der Waals surface area contributed by atoms with Gasteiger partial charge in [0.15, 0.2) is 0 Å². The standard InChI is InChI=1S/C22H21N3O2/c1-15-5-7-17(8-6-15)14-25-20-12-18(9-10-19(20)13-23-25)22(26)24-16(2)21-4-3-11-27-21/h3-13,16H,14H2,1-2H3,(H,24,26)/t16-/m0/s1. The summed E-state index contributed by atoms with van der Waals surface area (Å²) >= 11 is 0. The Bertz CT molecular complexity index is 1060. The van der Waals surface area contributed by atoms with Gasteiger partial charge in [-0.25, -0.2) is 0 Å². The predicted octanol–water partition coefficient (Wildman–Crippen LogP) is 4.48. The van der Waals surface area contributed by atoms with Gasteiger partial charge in [0.1, 0.15) is 5.76 Å². The van der Waals surface area contributed by atoms with Crippen molar-refractivity contribution in [1.82, 2.24) is 15.1 Å². The van der Waals surface area contributed by atoms with Crippen molar-refractivity contribution in [3.63, 3.8) is 0 Å². The Morgan fingerprint density at radius 3 is 2.74 bits per heavy atom. The highest BCUT2D eigenvalue weighted by Crippen LogP contribution is 2.19. The molecule has 0 aliphatic rings. The largest absolute Gasteiger partial charge is 0.467 e. The lowest BCUT2D eigenvalue weighted by Gasteiger charge is -2.12. The van der Waals surface area contributed by atoms with Gasteiger partial charge in [0.2, 0.25) is 0 Å². The molecule has 5 nitrogen and oxygen atoms in total. The molecule has 2 heterocycles. The minimum absolute atomic E-state index is 0.135. The zero-order valence-electron chi connectivity index (χ0n) is 15.3. The molecule has 0 aliphatic heterocycles. The first kappa shape index (κ1) is 17.1.